The lowest BCUT2D eigenvalue weighted by atomic mass is 9.91. The van der Waals surface area contributed by atoms with Gasteiger partial charge in [-0.3, -0.25) is 4.79 Å². The molecule has 0 fully saturated rings. The molecule has 0 aromatic rings. The molecule has 0 unspecified atom stereocenters. The van der Waals surface area contributed by atoms with Crippen molar-refractivity contribution in [1.29, 1.82) is 0 Å². The first-order valence-electron chi connectivity index (χ1n) is 3.86. The van der Waals surface area contributed by atoms with E-state index in [1.165, 1.54) is 0 Å². The van der Waals surface area contributed by atoms with Gasteiger partial charge in [-0.1, -0.05) is 35.2 Å². The lowest BCUT2D eigenvalue weighted by Gasteiger charge is -2.16. The SMILES string of the molecule is C=CC1=C(C(=C)Br)CC(=O)CC1. The molecule has 12 heavy (non-hydrogen) atoms. The second kappa shape index (κ2) is 3.85. The van der Waals surface area contributed by atoms with Crippen LogP contribution in [0.15, 0.2) is 34.9 Å². The Bertz CT molecular complexity index is 274. The smallest absolute Gasteiger partial charge is 0.137 e. The van der Waals surface area contributed by atoms with Crippen LogP contribution in [-0.4, -0.2) is 5.78 Å². The van der Waals surface area contributed by atoms with Crippen LogP contribution in [0, 0.1) is 0 Å². The number of allylic oxidation sites excluding steroid dienone is 4. The minimum atomic E-state index is 0.288. The summed E-state index contributed by atoms with van der Waals surface area (Å²) in [6.45, 7) is 7.48. The Morgan fingerprint density at radius 3 is 2.67 bits per heavy atom. The number of ketones is 1. The monoisotopic (exact) mass is 226 g/mol. The van der Waals surface area contributed by atoms with E-state index in [2.05, 4.69) is 29.1 Å². The molecule has 1 aliphatic carbocycles. The summed E-state index contributed by atoms with van der Waals surface area (Å²) in [5.74, 6) is 0.288. The third-order valence-electron chi connectivity index (χ3n) is 2.01. The van der Waals surface area contributed by atoms with Crippen molar-refractivity contribution in [2.45, 2.75) is 19.3 Å². The van der Waals surface area contributed by atoms with Gasteiger partial charge in [0.25, 0.3) is 0 Å². The van der Waals surface area contributed by atoms with Gasteiger partial charge in [0.2, 0.25) is 0 Å². The zero-order chi connectivity index (χ0) is 9.14. The summed E-state index contributed by atoms with van der Waals surface area (Å²) >= 11 is 3.29. The highest BCUT2D eigenvalue weighted by molar-refractivity contribution is 9.11. The largest absolute Gasteiger partial charge is 0.299 e. The van der Waals surface area contributed by atoms with Crippen LogP contribution in [0.25, 0.3) is 0 Å². The predicted octanol–water partition coefficient (Wildman–Crippen LogP) is 3.13. The molecule has 0 bridgehead atoms. The third-order valence-corrected chi connectivity index (χ3v) is 2.49. The Hall–Kier alpha value is -0.630. The van der Waals surface area contributed by atoms with E-state index >= 15 is 0 Å². The van der Waals surface area contributed by atoms with Gasteiger partial charge in [0.15, 0.2) is 0 Å². The Labute approximate surface area is 81.0 Å². The van der Waals surface area contributed by atoms with Crippen LogP contribution in [0.2, 0.25) is 0 Å². The summed E-state index contributed by atoms with van der Waals surface area (Å²) < 4.78 is 0.811. The summed E-state index contributed by atoms with van der Waals surface area (Å²) in [5, 5.41) is 0. The molecule has 2 heteroatoms. The minimum absolute atomic E-state index is 0.288. The van der Waals surface area contributed by atoms with Gasteiger partial charge in [0.05, 0.1) is 0 Å². The van der Waals surface area contributed by atoms with E-state index in [9.17, 15) is 4.79 Å². The lowest BCUT2D eigenvalue weighted by molar-refractivity contribution is -0.118. The van der Waals surface area contributed by atoms with Gasteiger partial charge >= 0.3 is 0 Å². The molecule has 1 rings (SSSR count). The molecular formula is C10H11BrO. The van der Waals surface area contributed by atoms with Gasteiger partial charge < -0.3 is 0 Å². The molecule has 0 radical (unpaired) electrons. The van der Waals surface area contributed by atoms with E-state index in [0.29, 0.717) is 12.8 Å². The average molecular weight is 227 g/mol. The zero-order valence-electron chi connectivity index (χ0n) is 6.90. The minimum Gasteiger partial charge on any atom is -0.299 e. The molecule has 0 aromatic heterocycles. The number of halogens is 1. The molecular weight excluding hydrogens is 216 g/mol. The fourth-order valence-corrected chi connectivity index (χ4v) is 1.71. The van der Waals surface area contributed by atoms with Gasteiger partial charge in [-0.2, -0.15) is 0 Å². The van der Waals surface area contributed by atoms with Crippen molar-refractivity contribution in [3.05, 3.63) is 34.9 Å². The zero-order valence-corrected chi connectivity index (χ0v) is 8.49. The van der Waals surface area contributed by atoms with Crippen LogP contribution < -0.4 is 0 Å². The summed E-state index contributed by atoms with van der Waals surface area (Å²) in [4.78, 5) is 11.1. The first-order chi connectivity index (χ1) is 5.65. The van der Waals surface area contributed by atoms with Crippen molar-refractivity contribution < 1.29 is 4.79 Å². The third kappa shape index (κ3) is 1.95. The van der Waals surface area contributed by atoms with Gasteiger partial charge in [-0.15, -0.1) is 0 Å². The molecule has 0 atom stereocenters. The number of rotatable bonds is 2. The molecule has 0 amide bonds. The highest BCUT2D eigenvalue weighted by Gasteiger charge is 2.17. The van der Waals surface area contributed by atoms with Gasteiger partial charge in [0.1, 0.15) is 5.78 Å². The highest BCUT2D eigenvalue weighted by atomic mass is 79.9. The fourth-order valence-electron chi connectivity index (χ4n) is 1.32. The highest BCUT2D eigenvalue weighted by Crippen LogP contribution is 2.30. The topological polar surface area (TPSA) is 17.1 Å². The molecule has 1 aliphatic rings. The first kappa shape index (κ1) is 9.46. The van der Waals surface area contributed by atoms with E-state index < -0.39 is 0 Å². The van der Waals surface area contributed by atoms with Crippen molar-refractivity contribution >= 4 is 21.7 Å². The Morgan fingerprint density at radius 2 is 2.17 bits per heavy atom. The number of Topliss-reactive ketones (excluding diaryl/α,β-unsaturated/α-hetero) is 1. The summed E-state index contributed by atoms with van der Waals surface area (Å²) in [7, 11) is 0. The van der Waals surface area contributed by atoms with E-state index in [0.717, 1.165) is 22.0 Å². The Balaban J connectivity index is 2.99. The molecule has 0 saturated carbocycles. The molecule has 0 aromatic carbocycles. The van der Waals surface area contributed by atoms with Crippen LogP contribution in [-0.2, 0) is 4.79 Å². The molecule has 0 N–H and O–H groups in total. The van der Waals surface area contributed by atoms with Gasteiger partial charge in [-0.25, -0.2) is 0 Å². The van der Waals surface area contributed by atoms with E-state index in [4.69, 9.17) is 0 Å². The number of hydrogen-bond acceptors (Lipinski definition) is 1. The van der Waals surface area contributed by atoms with Gasteiger partial charge in [0, 0.05) is 17.3 Å². The summed E-state index contributed by atoms with van der Waals surface area (Å²) in [6.07, 6.45) is 3.77. The predicted molar refractivity (Wildman–Crippen MR) is 54.1 cm³/mol. The van der Waals surface area contributed by atoms with Crippen LogP contribution in [0.5, 0.6) is 0 Å². The summed E-state index contributed by atoms with van der Waals surface area (Å²) in [5.41, 5.74) is 2.16. The maximum Gasteiger partial charge on any atom is 0.137 e. The van der Waals surface area contributed by atoms with Crippen LogP contribution >= 0.6 is 15.9 Å². The molecule has 0 saturated heterocycles. The molecule has 0 spiro atoms. The molecule has 0 heterocycles. The molecule has 1 nitrogen and oxygen atoms in total. The second-order valence-corrected chi connectivity index (χ2v) is 3.79. The maximum atomic E-state index is 11.1. The van der Waals surface area contributed by atoms with E-state index in [1.54, 1.807) is 0 Å². The first-order valence-corrected chi connectivity index (χ1v) is 4.65. The fraction of sp³-hybridized carbons (Fsp3) is 0.300. The second-order valence-electron chi connectivity index (χ2n) is 2.83. The standard InChI is InChI=1S/C10H11BrO/c1-3-8-4-5-9(12)6-10(8)7(2)11/h3H,1-2,4-6H2. The Morgan fingerprint density at radius 1 is 1.50 bits per heavy atom. The van der Waals surface area contributed by atoms with E-state index in [1.807, 2.05) is 6.08 Å². The molecule has 0 aliphatic heterocycles. The van der Waals surface area contributed by atoms with Crippen molar-refractivity contribution in [2.24, 2.45) is 0 Å². The van der Waals surface area contributed by atoms with Crippen molar-refractivity contribution in [2.75, 3.05) is 0 Å². The van der Waals surface area contributed by atoms with Crippen molar-refractivity contribution in [3.8, 4) is 0 Å². The Kier molecular flexibility index (Phi) is 3.04. The number of carbonyl (C=O) groups is 1. The van der Waals surface area contributed by atoms with Crippen LogP contribution in [0.3, 0.4) is 0 Å². The van der Waals surface area contributed by atoms with Crippen molar-refractivity contribution in [1.82, 2.24) is 0 Å². The quantitative estimate of drug-likeness (QED) is 0.708. The van der Waals surface area contributed by atoms with Gasteiger partial charge in [-0.05, 0) is 17.6 Å². The lowest BCUT2D eigenvalue weighted by Crippen LogP contribution is -2.08. The summed E-state index contributed by atoms with van der Waals surface area (Å²) in [6, 6.07) is 0. The van der Waals surface area contributed by atoms with Crippen LogP contribution in [0.1, 0.15) is 19.3 Å². The van der Waals surface area contributed by atoms with Crippen molar-refractivity contribution in [3.63, 3.8) is 0 Å². The van der Waals surface area contributed by atoms with E-state index in [-0.39, 0.29) is 5.78 Å². The molecule has 64 valence electrons. The number of hydrogen-bond donors (Lipinski definition) is 0. The normalized spacial score (nSPS) is 17.9. The number of carbonyl (C=O) groups excluding carboxylic acids is 1. The maximum absolute atomic E-state index is 11.1. The van der Waals surface area contributed by atoms with Crippen LogP contribution in [0.4, 0.5) is 0 Å². The average Bonchev–Trinajstić information content (AvgIpc) is 2.04.